The van der Waals surface area contributed by atoms with Gasteiger partial charge >= 0.3 is 0 Å². The number of rotatable bonds is 10. The van der Waals surface area contributed by atoms with Crippen LogP contribution in [-0.4, -0.2) is 63.8 Å². The van der Waals surface area contributed by atoms with Gasteiger partial charge in [-0.25, -0.2) is 0 Å². The van der Waals surface area contributed by atoms with Gasteiger partial charge in [-0.15, -0.1) is 0 Å². The minimum atomic E-state index is 0.858. The first-order valence-electron chi connectivity index (χ1n) is 9.56. The van der Waals surface area contributed by atoms with Crippen molar-refractivity contribution in [3.63, 3.8) is 0 Å². The normalized spacial score (nSPS) is 20.7. The molecule has 0 unspecified atom stereocenters. The summed E-state index contributed by atoms with van der Waals surface area (Å²) in [6, 6.07) is 0. The van der Waals surface area contributed by atoms with Crippen LogP contribution in [0.3, 0.4) is 0 Å². The molecule has 0 amide bonds. The summed E-state index contributed by atoms with van der Waals surface area (Å²) in [5, 5.41) is 6.82. The van der Waals surface area contributed by atoms with Gasteiger partial charge < -0.3 is 20.3 Å². The molecule has 0 aromatic carbocycles. The molecule has 2 fully saturated rings. The van der Waals surface area contributed by atoms with Crippen LogP contribution >= 0.6 is 0 Å². The van der Waals surface area contributed by atoms with Gasteiger partial charge in [0.15, 0.2) is 5.96 Å². The number of hydrogen-bond donors (Lipinski definition) is 2. The molecule has 2 N–H and O–H groups in total. The van der Waals surface area contributed by atoms with Crippen LogP contribution in [0, 0.1) is 11.8 Å². The standard InChI is InChI=1S/C18H36N4O/c1-3-22-12-8-16(9-13-22)7-11-21-18(19-2)20-10-4-14-23-15-17-5-6-17/h16-17H,3-15H2,1-2H3,(H2,19,20,21). The molecule has 5 heteroatoms. The summed E-state index contributed by atoms with van der Waals surface area (Å²) in [6.07, 6.45) is 7.73. The van der Waals surface area contributed by atoms with Crippen LogP contribution in [0.25, 0.3) is 0 Å². The van der Waals surface area contributed by atoms with E-state index in [1.54, 1.807) is 0 Å². The lowest BCUT2D eigenvalue weighted by molar-refractivity contribution is 0.123. The van der Waals surface area contributed by atoms with E-state index in [1.807, 2.05) is 7.05 Å². The maximum Gasteiger partial charge on any atom is 0.190 e. The molecule has 5 nitrogen and oxygen atoms in total. The van der Waals surface area contributed by atoms with Gasteiger partial charge in [-0.05, 0) is 70.0 Å². The molecule has 1 saturated heterocycles. The van der Waals surface area contributed by atoms with E-state index in [-0.39, 0.29) is 0 Å². The van der Waals surface area contributed by atoms with Gasteiger partial charge in [0.1, 0.15) is 0 Å². The molecule has 134 valence electrons. The predicted molar refractivity (Wildman–Crippen MR) is 97.0 cm³/mol. The molecule has 1 aliphatic heterocycles. The molecule has 1 saturated carbocycles. The van der Waals surface area contributed by atoms with Crippen molar-refractivity contribution in [3.05, 3.63) is 0 Å². The van der Waals surface area contributed by atoms with Gasteiger partial charge in [0, 0.05) is 33.4 Å². The van der Waals surface area contributed by atoms with Crippen LogP contribution in [0.2, 0.25) is 0 Å². The Morgan fingerprint density at radius 1 is 1.09 bits per heavy atom. The SMILES string of the molecule is CCN1CCC(CCNC(=NC)NCCCOCC2CC2)CC1. The second kappa shape index (κ2) is 10.9. The molecule has 0 aromatic heterocycles. The number of ether oxygens (including phenoxy) is 1. The maximum absolute atomic E-state index is 5.65. The fraction of sp³-hybridized carbons (Fsp3) is 0.944. The lowest BCUT2D eigenvalue weighted by atomic mass is 9.93. The molecule has 1 aliphatic carbocycles. The Morgan fingerprint density at radius 2 is 1.83 bits per heavy atom. The highest BCUT2D eigenvalue weighted by molar-refractivity contribution is 5.79. The summed E-state index contributed by atoms with van der Waals surface area (Å²) in [5.74, 6) is 2.67. The van der Waals surface area contributed by atoms with E-state index in [9.17, 15) is 0 Å². The smallest absolute Gasteiger partial charge is 0.190 e. The van der Waals surface area contributed by atoms with Crippen molar-refractivity contribution in [2.75, 3.05) is 53.0 Å². The van der Waals surface area contributed by atoms with Crippen molar-refractivity contribution in [3.8, 4) is 0 Å². The number of hydrogen-bond acceptors (Lipinski definition) is 3. The zero-order valence-electron chi connectivity index (χ0n) is 15.1. The molecule has 23 heavy (non-hydrogen) atoms. The van der Waals surface area contributed by atoms with E-state index in [4.69, 9.17) is 4.74 Å². The summed E-state index contributed by atoms with van der Waals surface area (Å²) in [7, 11) is 1.85. The minimum Gasteiger partial charge on any atom is -0.381 e. The number of guanidine groups is 1. The quantitative estimate of drug-likeness (QED) is 0.367. The molecule has 0 aromatic rings. The zero-order valence-corrected chi connectivity index (χ0v) is 15.1. The Labute approximate surface area is 142 Å². The Bertz CT molecular complexity index is 336. The summed E-state index contributed by atoms with van der Waals surface area (Å²) >= 11 is 0. The highest BCUT2D eigenvalue weighted by Gasteiger charge is 2.20. The molecular weight excluding hydrogens is 288 g/mol. The molecular formula is C18H36N4O. The van der Waals surface area contributed by atoms with Gasteiger partial charge in [-0.1, -0.05) is 6.92 Å². The zero-order chi connectivity index (χ0) is 16.3. The first-order chi connectivity index (χ1) is 11.3. The molecule has 0 spiro atoms. The van der Waals surface area contributed by atoms with Gasteiger partial charge in [0.05, 0.1) is 0 Å². The van der Waals surface area contributed by atoms with Crippen LogP contribution in [0.5, 0.6) is 0 Å². The number of likely N-dealkylation sites (tertiary alicyclic amines) is 1. The van der Waals surface area contributed by atoms with E-state index in [2.05, 4.69) is 27.4 Å². The highest BCUT2D eigenvalue weighted by atomic mass is 16.5. The van der Waals surface area contributed by atoms with Gasteiger partial charge in [-0.3, -0.25) is 4.99 Å². The van der Waals surface area contributed by atoms with Crippen LogP contribution in [0.1, 0.15) is 45.4 Å². The van der Waals surface area contributed by atoms with Crippen LogP contribution in [0.4, 0.5) is 0 Å². The largest absolute Gasteiger partial charge is 0.381 e. The topological polar surface area (TPSA) is 48.9 Å². The monoisotopic (exact) mass is 324 g/mol. The van der Waals surface area contributed by atoms with E-state index in [1.165, 1.54) is 51.7 Å². The number of nitrogens with zero attached hydrogens (tertiary/aromatic N) is 2. The highest BCUT2D eigenvalue weighted by Crippen LogP contribution is 2.28. The van der Waals surface area contributed by atoms with Crippen molar-refractivity contribution in [2.45, 2.75) is 45.4 Å². The maximum atomic E-state index is 5.65. The Balaban J connectivity index is 1.44. The lowest BCUT2D eigenvalue weighted by Gasteiger charge is -2.31. The lowest BCUT2D eigenvalue weighted by Crippen LogP contribution is -2.40. The fourth-order valence-electron chi connectivity index (χ4n) is 3.12. The average Bonchev–Trinajstić information content (AvgIpc) is 3.41. The minimum absolute atomic E-state index is 0.858. The average molecular weight is 325 g/mol. The van der Waals surface area contributed by atoms with Crippen molar-refractivity contribution >= 4 is 5.96 Å². The van der Waals surface area contributed by atoms with Crippen LogP contribution in [-0.2, 0) is 4.74 Å². The van der Waals surface area contributed by atoms with Crippen LogP contribution < -0.4 is 10.6 Å². The van der Waals surface area contributed by atoms with Crippen molar-refractivity contribution in [1.29, 1.82) is 0 Å². The van der Waals surface area contributed by atoms with Gasteiger partial charge in [0.25, 0.3) is 0 Å². The Kier molecular flexibility index (Phi) is 8.76. The molecule has 1 heterocycles. The molecule has 0 radical (unpaired) electrons. The van der Waals surface area contributed by atoms with Crippen molar-refractivity contribution in [2.24, 2.45) is 16.8 Å². The van der Waals surface area contributed by atoms with E-state index < -0.39 is 0 Å². The molecule has 2 rings (SSSR count). The van der Waals surface area contributed by atoms with Crippen molar-refractivity contribution in [1.82, 2.24) is 15.5 Å². The van der Waals surface area contributed by atoms with Gasteiger partial charge in [0.2, 0.25) is 0 Å². The molecule has 0 bridgehead atoms. The van der Waals surface area contributed by atoms with E-state index in [0.717, 1.165) is 50.5 Å². The number of piperidine rings is 1. The number of aliphatic imine (C=N–C) groups is 1. The predicted octanol–water partition coefficient (Wildman–Crippen LogP) is 2.09. The van der Waals surface area contributed by atoms with Crippen LogP contribution in [0.15, 0.2) is 4.99 Å². The summed E-state index contributed by atoms with van der Waals surface area (Å²) in [5.41, 5.74) is 0. The second-order valence-corrected chi connectivity index (χ2v) is 6.96. The molecule has 2 aliphatic rings. The fourth-order valence-corrected chi connectivity index (χ4v) is 3.12. The number of nitrogens with one attached hydrogen (secondary N) is 2. The summed E-state index contributed by atoms with van der Waals surface area (Å²) < 4.78 is 5.65. The first kappa shape index (κ1) is 18.5. The summed E-state index contributed by atoms with van der Waals surface area (Å²) in [6.45, 7) is 9.78. The van der Waals surface area contributed by atoms with E-state index >= 15 is 0 Å². The first-order valence-corrected chi connectivity index (χ1v) is 9.56. The third-order valence-electron chi connectivity index (χ3n) is 5.03. The Hall–Kier alpha value is -0.810. The van der Waals surface area contributed by atoms with E-state index in [0.29, 0.717) is 0 Å². The summed E-state index contributed by atoms with van der Waals surface area (Å²) in [4.78, 5) is 6.85. The Morgan fingerprint density at radius 3 is 2.48 bits per heavy atom. The molecule has 0 atom stereocenters. The van der Waals surface area contributed by atoms with Gasteiger partial charge in [-0.2, -0.15) is 0 Å². The van der Waals surface area contributed by atoms with Crippen molar-refractivity contribution < 1.29 is 4.74 Å². The third kappa shape index (κ3) is 8.02. The second-order valence-electron chi connectivity index (χ2n) is 6.96. The third-order valence-corrected chi connectivity index (χ3v) is 5.03.